The van der Waals surface area contributed by atoms with Gasteiger partial charge < -0.3 is 8.92 Å². The van der Waals surface area contributed by atoms with Crippen LogP contribution in [0.15, 0.2) is 76.0 Å². The summed E-state index contributed by atoms with van der Waals surface area (Å²) in [6.07, 6.45) is -1.03. The Morgan fingerprint density at radius 3 is 2.39 bits per heavy atom. The van der Waals surface area contributed by atoms with E-state index < -0.39 is 21.0 Å². The number of nitro groups is 1. The minimum Gasteiger partial charge on any atom is -0.448 e. The highest BCUT2D eigenvalue weighted by Gasteiger charge is 2.20. The zero-order valence-electron chi connectivity index (χ0n) is 14.8. The molecule has 1 atom stereocenters. The predicted octanol–water partition coefficient (Wildman–Crippen LogP) is 4.73. The van der Waals surface area contributed by atoms with Crippen LogP contribution in [-0.2, 0) is 14.7 Å². The molecule has 0 saturated heterocycles. The number of non-ortho nitro benzene ring substituents is 1. The van der Waals surface area contributed by atoms with Crippen molar-refractivity contribution < 1.29 is 22.8 Å². The first-order valence-electron chi connectivity index (χ1n) is 8.28. The molecule has 0 saturated carbocycles. The lowest BCUT2D eigenvalue weighted by Crippen LogP contribution is -2.13. The zero-order valence-corrected chi connectivity index (χ0v) is 15.6. The molecule has 0 radical (unpaired) electrons. The van der Waals surface area contributed by atoms with E-state index in [1.165, 1.54) is 24.3 Å². The second-order valence-corrected chi connectivity index (χ2v) is 7.38. The van der Waals surface area contributed by atoms with Crippen LogP contribution in [0.2, 0.25) is 0 Å². The number of nitro benzene ring substituents is 1. The predicted molar refractivity (Wildman–Crippen MR) is 104 cm³/mol. The van der Waals surface area contributed by atoms with E-state index in [9.17, 15) is 19.1 Å². The lowest BCUT2D eigenvalue weighted by atomic mass is 10.1. The number of fused-ring (bicyclic) bond motifs is 1. The van der Waals surface area contributed by atoms with Gasteiger partial charge in [-0.2, -0.15) is 0 Å². The van der Waals surface area contributed by atoms with Crippen molar-refractivity contribution in [3.05, 3.63) is 76.8 Å². The zero-order chi connectivity index (χ0) is 20.1. The molecule has 3 rings (SSSR count). The van der Waals surface area contributed by atoms with Gasteiger partial charge in [-0.25, -0.2) is 9.00 Å². The summed E-state index contributed by atoms with van der Waals surface area (Å²) in [7, 11) is -3.69. The van der Waals surface area contributed by atoms with Crippen molar-refractivity contribution >= 4 is 32.6 Å². The molecule has 0 bridgehead atoms. The van der Waals surface area contributed by atoms with Gasteiger partial charge in [0.1, 0.15) is 5.75 Å². The van der Waals surface area contributed by atoms with Gasteiger partial charge in [0.25, 0.3) is 5.69 Å². The number of carbonyl (C=O) groups is 1. The van der Waals surface area contributed by atoms with Gasteiger partial charge in [0.15, 0.2) is 0 Å². The van der Waals surface area contributed by atoms with E-state index in [-0.39, 0.29) is 22.9 Å². The molecule has 0 aliphatic heterocycles. The van der Waals surface area contributed by atoms with Crippen LogP contribution >= 0.6 is 0 Å². The summed E-state index contributed by atoms with van der Waals surface area (Å²) in [6, 6.07) is 17.3. The molecule has 8 nitrogen and oxygen atoms in total. The van der Waals surface area contributed by atoms with E-state index in [0.717, 1.165) is 10.8 Å². The van der Waals surface area contributed by atoms with E-state index in [1.807, 2.05) is 24.3 Å². The van der Waals surface area contributed by atoms with E-state index in [0.29, 0.717) is 0 Å². The molecule has 144 valence electrons. The van der Waals surface area contributed by atoms with Gasteiger partial charge in [-0.15, -0.1) is 0 Å². The molecule has 0 unspecified atom stereocenters. The molecule has 3 aromatic carbocycles. The molecule has 0 aromatic heterocycles. The summed E-state index contributed by atoms with van der Waals surface area (Å²) in [6.45, 7) is 1.66. The highest BCUT2D eigenvalue weighted by molar-refractivity contribution is 7.89. The Hall–Kier alpha value is -3.46. The number of amides is 1. The fraction of sp³-hybridized carbons (Fsp3) is 0.105. The SMILES string of the molecule is CCOC(=O)N=[S@@](=O)(Oc1ccc([N+](=O)[O-])cc1)c1ccc2ccccc2c1. The van der Waals surface area contributed by atoms with Gasteiger partial charge in [-0.1, -0.05) is 34.7 Å². The normalized spacial score (nSPS) is 12.8. The van der Waals surface area contributed by atoms with Crippen LogP contribution in [-0.4, -0.2) is 21.8 Å². The first kappa shape index (κ1) is 19.3. The molecule has 0 aliphatic carbocycles. The summed E-state index contributed by atoms with van der Waals surface area (Å²) < 4.78 is 27.4. The standard InChI is InChI=1S/C19H16N2O6S/c1-2-26-19(22)20-28(25,27-17-10-8-16(9-11-17)21(23)24)18-12-7-14-5-3-4-6-15(14)13-18/h3-13H,2H2,1H3/t28-/m0/s1. The summed E-state index contributed by atoms with van der Waals surface area (Å²) in [5.41, 5.74) is -0.146. The molecule has 0 heterocycles. The molecule has 0 spiro atoms. The van der Waals surface area contributed by atoms with Crippen LogP contribution in [0.25, 0.3) is 10.8 Å². The molecule has 9 heteroatoms. The third kappa shape index (κ3) is 4.26. The van der Waals surface area contributed by atoms with Crippen molar-refractivity contribution in [3.63, 3.8) is 0 Å². The van der Waals surface area contributed by atoms with Crippen LogP contribution in [0.1, 0.15) is 6.92 Å². The fourth-order valence-electron chi connectivity index (χ4n) is 2.45. The Balaban J connectivity index is 2.07. The van der Waals surface area contributed by atoms with Crippen molar-refractivity contribution in [1.29, 1.82) is 0 Å². The van der Waals surface area contributed by atoms with Gasteiger partial charge in [0, 0.05) is 12.1 Å². The summed E-state index contributed by atoms with van der Waals surface area (Å²) in [4.78, 5) is 22.3. The summed E-state index contributed by atoms with van der Waals surface area (Å²) >= 11 is 0. The summed E-state index contributed by atoms with van der Waals surface area (Å²) in [5.74, 6) is 0.0665. The molecular formula is C19H16N2O6S. The maximum absolute atomic E-state index is 13.5. The monoisotopic (exact) mass is 400 g/mol. The van der Waals surface area contributed by atoms with Gasteiger partial charge >= 0.3 is 6.09 Å². The number of nitrogens with zero attached hydrogens (tertiary/aromatic N) is 2. The molecule has 0 N–H and O–H groups in total. The average molecular weight is 400 g/mol. The van der Waals surface area contributed by atoms with Gasteiger partial charge in [-0.3, -0.25) is 10.1 Å². The Morgan fingerprint density at radius 2 is 1.75 bits per heavy atom. The lowest BCUT2D eigenvalue weighted by Gasteiger charge is -2.12. The second-order valence-electron chi connectivity index (χ2n) is 5.61. The van der Waals surface area contributed by atoms with E-state index in [2.05, 4.69) is 4.36 Å². The number of benzene rings is 3. The van der Waals surface area contributed by atoms with Crippen LogP contribution in [0, 0.1) is 10.1 Å². The third-order valence-corrected chi connectivity index (χ3v) is 5.40. The Morgan fingerprint density at radius 1 is 1.07 bits per heavy atom. The van der Waals surface area contributed by atoms with Crippen molar-refractivity contribution in [2.45, 2.75) is 11.8 Å². The number of rotatable bonds is 5. The van der Waals surface area contributed by atoms with Crippen molar-refractivity contribution in [1.82, 2.24) is 0 Å². The van der Waals surface area contributed by atoms with E-state index >= 15 is 0 Å². The fourth-order valence-corrected chi connectivity index (χ4v) is 3.82. The topological polar surface area (TPSA) is 108 Å². The molecule has 3 aromatic rings. The maximum Gasteiger partial charge on any atom is 0.444 e. The molecule has 28 heavy (non-hydrogen) atoms. The van der Waals surface area contributed by atoms with Gasteiger partial charge in [0.05, 0.1) is 16.4 Å². The Labute approximate surface area is 161 Å². The Bertz CT molecular complexity index is 1150. The highest BCUT2D eigenvalue weighted by atomic mass is 32.2. The third-order valence-electron chi connectivity index (χ3n) is 3.74. The Kier molecular flexibility index (Phi) is 5.55. The quantitative estimate of drug-likeness (QED) is 0.453. The van der Waals surface area contributed by atoms with Crippen LogP contribution in [0.5, 0.6) is 5.75 Å². The largest absolute Gasteiger partial charge is 0.448 e. The van der Waals surface area contributed by atoms with Gasteiger partial charge in [-0.05, 0) is 42.0 Å². The second kappa shape index (κ2) is 8.05. The number of hydrogen-bond donors (Lipinski definition) is 0. The van der Waals surface area contributed by atoms with E-state index in [1.54, 1.807) is 25.1 Å². The van der Waals surface area contributed by atoms with Crippen molar-refractivity contribution in [2.24, 2.45) is 4.36 Å². The van der Waals surface area contributed by atoms with Crippen molar-refractivity contribution in [3.8, 4) is 5.75 Å². The highest BCUT2D eigenvalue weighted by Crippen LogP contribution is 2.26. The first-order valence-corrected chi connectivity index (χ1v) is 9.72. The number of carbonyl (C=O) groups excluding carboxylic acids is 1. The minimum atomic E-state index is -3.69. The maximum atomic E-state index is 13.5. The van der Waals surface area contributed by atoms with Crippen LogP contribution in [0.4, 0.5) is 10.5 Å². The number of ether oxygens (including phenoxy) is 1. The average Bonchev–Trinajstić information content (AvgIpc) is 2.68. The molecule has 1 amide bonds. The van der Waals surface area contributed by atoms with Gasteiger partial charge in [0.2, 0.25) is 10.0 Å². The van der Waals surface area contributed by atoms with Crippen LogP contribution in [0.3, 0.4) is 0 Å². The molecule has 0 fully saturated rings. The summed E-state index contributed by atoms with van der Waals surface area (Å²) in [5, 5.41) is 12.5. The molecule has 0 aliphatic rings. The van der Waals surface area contributed by atoms with Crippen LogP contribution < -0.4 is 4.18 Å². The molecular weight excluding hydrogens is 384 g/mol. The number of hydrogen-bond acceptors (Lipinski definition) is 6. The minimum absolute atomic E-state index is 0.0626. The van der Waals surface area contributed by atoms with Crippen molar-refractivity contribution in [2.75, 3.05) is 6.61 Å². The smallest absolute Gasteiger partial charge is 0.444 e. The van der Waals surface area contributed by atoms with E-state index in [4.69, 9.17) is 8.92 Å². The lowest BCUT2D eigenvalue weighted by molar-refractivity contribution is -0.384. The first-order chi connectivity index (χ1) is 13.4.